The number of ether oxygens (including phenoxy) is 1. The van der Waals surface area contributed by atoms with E-state index < -0.39 is 19.5 Å². The van der Waals surface area contributed by atoms with Crippen LogP contribution in [-0.4, -0.2) is 35.7 Å². The molecule has 0 radical (unpaired) electrons. The average molecular weight is 303 g/mol. The van der Waals surface area contributed by atoms with Gasteiger partial charge in [0.1, 0.15) is 18.1 Å². The van der Waals surface area contributed by atoms with E-state index in [0.717, 1.165) is 0 Å². The lowest BCUT2D eigenvalue weighted by Crippen LogP contribution is -2.33. The highest BCUT2D eigenvalue weighted by Crippen LogP contribution is 2.43. The molecular formula is C12H18NO6P. The quantitative estimate of drug-likeness (QED) is 0.624. The molecule has 2 atom stereocenters. The van der Waals surface area contributed by atoms with Crippen molar-refractivity contribution in [3.05, 3.63) is 29.8 Å². The summed E-state index contributed by atoms with van der Waals surface area (Å²) in [4.78, 5) is 10.8. The Labute approximate surface area is 117 Å². The van der Waals surface area contributed by atoms with Gasteiger partial charge in [0.2, 0.25) is 0 Å². The number of aliphatic hydroxyl groups is 1. The smallest absolute Gasteiger partial charge is 0.342 e. The van der Waals surface area contributed by atoms with Crippen molar-refractivity contribution >= 4 is 13.5 Å². The highest BCUT2D eigenvalue weighted by molar-refractivity contribution is 7.57. The molecule has 7 nitrogen and oxygen atoms in total. The predicted octanol–water partition coefficient (Wildman–Crippen LogP) is 1.42. The first-order chi connectivity index (χ1) is 9.40. The monoisotopic (exact) mass is 303 g/mol. The van der Waals surface area contributed by atoms with E-state index in [0.29, 0.717) is 11.3 Å². The first-order valence-electron chi connectivity index (χ1n) is 5.88. The van der Waals surface area contributed by atoms with Crippen molar-refractivity contribution < 1.29 is 28.8 Å². The number of methoxy groups -OCH3 is 1. The number of carbonyl (C=O) groups is 1. The molecule has 1 unspecified atom stereocenters. The summed E-state index contributed by atoms with van der Waals surface area (Å²) in [5.41, 5.74) is 0.686. The van der Waals surface area contributed by atoms with Crippen LogP contribution in [0.15, 0.2) is 24.3 Å². The van der Waals surface area contributed by atoms with Gasteiger partial charge in [-0.25, -0.2) is 5.09 Å². The Bertz CT molecular complexity index is 489. The first-order valence-corrected chi connectivity index (χ1v) is 7.69. The summed E-state index contributed by atoms with van der Waals surface area (Å²) in [5.74, 6) is -0.840. The second kappa shape index (κ2) is 7.40. The van der Waals surface area contributed by atoms with Crippen molar-refractivity contribution in [1.82, 2.24) is 5.09 Å². The van der Waals surface area contributed by atoms with Gasteiger partial charge in [-0.3, -0.25) is 9.36 Å². The van der Waals surface area contributed by atoms with E-state index >= 15 is 0 Å². The Hall–Kier alpha value is -1.40. The standard InChI is InChI=1S/C12H18NO6P/c1-9(12(15)16)13-20(17,8-18-2)19-11-5-3-10(7-14)4-6-11/h3-6,9,14H,7-8H2,1-2H3,(H,13,17)(H,15,16)/t9-,20?/m0/s1. The normalized spacial score (nSPS) is 15.3. The molecule has 1 aromatic rings. The fourth-order valence-corrected chi connectivity index (χ4v) is 3.12. The molecule has 0 aliphatic carbocycles. The van der Waals surface area contributed by atoms with E-state index in [4.69, 9.17) is 19.5 Å². The number of carboxylic acids is 1. The molecule has 0 heterocycles. The molecule has 1 rings (SSSR count). The van der Waals surface area contributed by atoms with Crippen molar-refractivity contribution in [2.45, 2.75) is 19.6 Å². The zero-order valence-electron chi connectivity index (χ0n) is 11.3. The van der Waals surface area contributed by atoms with Crippen molar-refractivity contribution in [3.63, 3.8) is 0 Å². The maximum atomic E-state index is 12.5. The molecule has 0 saturated heterocycles. The van der Waals surface area contributed by atoms with Crippen LogP contribution < -0.4 is 9.61 Å². The maximum Gasteiger partial charge on any atom is 0.342 e. The van der Waals surface area contributed by atoms with Crippen LogP contribution in [-0.2, 0) is 20.7 Å². The summed E-state index contributed by atoms with van der Waals surface area (Å²) in [7, 11) is -2.15. The number of hydrogen-bond acceptors (Lipinski definition) is 5. The number of hydrogen-bond donors (Lipinski definition) is 3. The van der Waals surface area contributed by atoms with Gasteiger partial charge in [0.05, 0.1) is 6.61 Å². The highest BCUT2D eigenvalue weighted by atomic mass is 31.2. The van der Waals surface area contributed by atoms with E-state index in [9.17, 15) is 9.36 Å². The largest absolute Gasteiger partial charge is 0.480 e. The second-order valence-corrected chi connectivity index (χ2v) is 6.22. The van der Waals surface area contributed by atoms with E-state index in [1.807, 2.05) is 0 Å². The predicted molar refractivity (Wildman–Crippen MR) is 72.7 cm³/mol. The first kappa shape index (κ1) is 16.7. The van der Waals surface area contributed by atoms with Gasteiger partial charge in [-0.1, -0.05) is 12.1 Å². The third kappa shape index (κ3) is 4.94. The molecule has 0 fully saturated rings. The number of nitrogens with one attached hydrogen (secondary N) is 1. The summed E-state index contributed by atoms with van der Waals surface area (Å²) in [6.07, 6.45) is -0.258. The third-order valence-corrected chi connectivity index (χ3v) is 4.30. The fourth-order valence-electron chi connectivity index (χ4n) is 1.44. The van der Waals surface area contributed by atoms with Gasteiger partial charge < -0.3 is 19.5 Å². The molecule has 0 amide bonds. The van der Waals surface area contributed by atoms with Gasteiger partial charge in [0.15, 0.2) is 0 Å². The van der Waals surface area contributed by atoms with E-state index in [1.54, 1.807) is 24.3 Å². The molecule has 0 bridgehead atoms. The van der Waals surface area contributed by atoms with Gasteiger partial charge in [-0.2, -0.15) is 0 Å². The van der Waals surface area contributed by atoms with Crippen LogP contribution in [0.5, 0.6) is 5.75 Å². The number of rotatable bonds is 8. The molecule has 0 saturated carbocycles. The summed E-state index contributed by atoms with van der Waals surface area (Å²) in [6, 6.07) is 5.29. The number of carboxylic acid groups (broad SMARTS) is 1. The summed E-state index contributed by atoms with van der Waals surface area (Å²) < 4.78 is 22.6. The molecule has 0 aliphatic heterocycles. The molecule has 8 heteroatoms. The minimum absolute atomic E-state index is 0.107. The summed E-state index contributed by atoms with van der Waals surface area (Å²) in [5, 5.41) is 20.2. The lowest BCUT2D eigenvalue weighted by molar-refractivity contribution is -0.138. The summed E-state index contributed by atoms with van der Waals surface area (Å²) >= 11 is 0. The van der Waals surface area contributed by atoms with Crippen molar-refractivity contribution in [3.8, 4) is 5.75 Å². The number of aliphatic hydroxyl groups excluding tert-OH is 1. The topological polar surface area (TPSA) is 105 Å². The number of benzene rings is 1. The highest BCUT2D eigenvalue weighted by Gasteiger charge is 2.29. The van der Waals surface area contributed by atoms with Crippen LogP contribution in [0, 0.1) is 0 Å². The third-order valence-electron chi connectivity index (χ3n) is 2.42. The van der Waals surface area contributed by atoms with Gasteiger partial charge in [-0.15, -0.1) is 0 Å². The molecule has 0 spiro atoms. The van der Waals surface area contributed by atoms with Gasteiger partial charge in [0, 0.05) is 7.11 Å². The van der Waals surface area contributed by atoms with Gasteiger partial charge in [-0.05, 0) is 24.6 Å². The SMILES string of the molecule is COCP(=O)(N[C@@H](C)C(=O)O)Oc1ccc(CO)cc1. The average Bonchev–Trinajstić information content (AvgIpc) is 2.39. The van der Waals surface area contributed by atoms with Gasteiger partial charge >= 0.3 is 13.5 Å². The van der Waals surface area contributed by atoms with Crippen LogP contribution >= 0.6 is 7.52 Å². The Morgan fingerprint density at radius 3 is 2.45 bits per heavy atom. The van der Waals surface area contributed by atoms with Crippen molar-refractivity contribution in [1.29, 1.82) is 0 Å². The Morgan fingerprint density at radius 1 is 1.40 bits per heavy atom. The van der Waals surface area contributed by atoms with Crippen LogP contribution in [0.1, 0.15) is 12.5 Å². The molecule has 0 aliphatic rings. The van der Waals surface area contributed by atoms with Crippen LogP contribution in [0.25, 0.3) is 0 Å². The lowest BCUT2D eigenvalue weighted by Gasteiger charge is -2.21. The van der Waals surface area contributed by atoms with Crippen LogP contribution in [0.2, 0.25) is 0 Å². The van der Waals surface area contributed by atoms with Crippen LogP contribution in [0.3, 0.4) is 0 Å². The maximum absolute atomic E-state index is 12.5. The zero-order chi connectivity index (χ0) is 15.2. The van der Waals surface area contributed by atoms with E-state index in [1.165, 1.54) is 14.0 Å². The zero-order valence-corrected chi connectivity index (χ0v) is 12.2. The lowest BCUT2D eigenvalue weighted by atomic mass is 10.2. The molecule has 112 valence electrons. The van der Waals surface area contributed by atoms with E-state index in [2.05, 4.69) is 5.09 Å². The minimum atomic E-state index is -3.49. The Kier molecular flexibility index (Phi) is 6.16. The Balaban J connectivity index is 2.84. The molecule has 3 N–H and O–H groups in total. The Morgan fingerprint density at radius 2 is 2.00 bits per heavy atom. The van der Waals surface area contributed by atoms with Crippen molar-refractivity contribution in [2.75, 3.05) is 13.5 Å². The molecular weight excluding hydrogens is 285 g/mol. The van der Waals surface area contributed by atoms with E-state index in [-0.39, 0.29) is 13.0 Å². The van der Waals surface area contributed by atoms with Gasteiger partial charge in [0.25, 0.3) is 0 Å². The molecule has 20 heavy (non-hydrogen) atoms. The fraction of sp³-hybridized carbons (Fsp3) is 0.417. The molecule has 0 aromatic heterocycles. The number of aliphatic carboxylic acids is 1. The van der Waals surface area contributed by atoms with Crippen molar-refractivity contribution in [2.24, 2.45) is 0 Å². The molecule has 1 aromatic carbocycles. The minimum Gasteiger partial charge on any atom is -0.480 e. The van der Waals surface area contributed by atoms with Crippen LogP contribution in [0.4, 0.5) is 0 Å². The second-order valence-electron chi connectivity index (χ2n) is 4.17. The summed E-state index contributed by atoms with van der Waals surface area (Å²) in [6.45, 7) is 1.26.